The first-order valence-electron chi connectivity index (χ1n) is 6.87. The number of rotatable bonds is 5. The second-order valence-corrected chi connectivity index (χ2v) is 5.15. The van der Waals surface area contributed by atoms with Crippen molar-refractivity contribution in [3.63, 3.8) is 0 Å². The highest BCUT2D eigenvalue weighted by molar-refractivity contribution is 5.76. The molecule has 1 nitrogen and oxygen atoms in total. The third kappa shape index (κ3) is 3.54. The fourth-order valence-corrected chi connectivity index (χ4v) is 2.13. The molecule has 98 valence electrons. The van der Waals surface area contributed by atoms with E-state index in [1.54, 1.807) is 0 Å². The van der Waals surface area contributed by atoms with Crippen molar-refractivity contribution in [3.05, 3.63) is 59.7 Å². The molecular weight excluding hydrogens is 232 g/mol. The summed E-state index contributed by atoms with van der Waals surface area (Å²) < 4.78 is 0. The van der Waals surface area contributed by atoms with Gasteiger partial charge < -0.3 is 0 Å². The van der Waals surface area contributed by atoms with Crippen molar-refractivity contribution in [2.45, 2.75) is 26.7 Å². The van der Waals surface area contributed by atoms with E-state index in [0.29, 0.717) is 0 Å². The van der Waals surface area contributed by atoms with E-state index in [1.165, 1.54) is 17.5 Å². The standard InChI is InChI=1S/C18H20O/c1-3-14(2)12-15-4-8-17(9-5-15)18-10-6-16(13-19)7-11-18/h4-11,13-14H,3,12H2,1-2H3. The van der Waals surface area contributed by atoms with Crippen molar-refractivity contribution in [2.24, 2.45) is 5.92 Å². The van der Waals surface area contributed by atoms with Crippen molar-refractivity contribution in [2.75, 3.05) is 0 Å². The zero-order valence-electron chi connectivity index (χ0n) is 11.6. The van der Waals surface area contributed by atoms with Gasteiger partial charge in [0, 0.05) is 5.56 Å². The van der Waals surface area contributed by atoms with Crippen molar-refractivity contribution in [1.82, 2.24) is 0 Å². The Morgan fingerprint density at radius 1 is 0.947 bits per heavy atom. The minimum Gasteiger partial charge on any atom is -0.298 e. The number of aldehydes is 1. The van der Waals surface area contributed by atoms with Crippen molar-refractivity contribution in [3.8, 4) is 11.1 Å². The van der Waals surface area contributed by atoms with E-state index < -0.39 is 0 Å². The van der Waals surface area contributed by atoms with Gasteiger partial charge in [0.05, 0.1) is 0 Å². The normalized spacial score (nSPS) is 12.1. The number of carbonyl (C=O) groups excluding carboxylic acids is 1. The predicted octanol–water partition coefficient (Wildman–Crippen LogP) is 4.75. The highest BCUT2D eigenvalue weighted by atomic mass is 16.1. The maximum atomic E-state index is 10.6. The molecule has 0 aliphatic carbocycles. The summed E-state index contributed by atoms with van der Waals surface area (Å²) in [6.07, 6.45) is 3.23. The maximum absolute atomic E-state index is 10.6. The molecule has 0 radical (unpaired) electrons. The van der Waals surface area contributed by atoms with Crippen LogP contribution in [-0.2, 0) is 6.42 Å². The second kappa shape index (κ2) is 6.33. The smallest absolute Gasteiger partial charge is 0.150 e. The van der Waals surface area contributed by atoms with Gasteiger partial charge in [-0.05, 0) is 29.0 Å². The lowest BCUT2D eigenvalue weighted by molar-refractivity contribution is 0.112. The molecule has 19 heavy (non-hydrogen) atoms. The molecule has 2 rings (SSSR count). The molecule has 0 aromatic heterocycles. The first kappa shape index (κ1) is 13.5. The van der Waals surface area contributed by atoms with Crippen LogP contribution in [0.5, 0.6) is 0 Å². The van der Waals surface area contributed by atoms with Gasteiger partial charge in [-0.1, -0.05) is 68.8 Å². The largest absolute Gasteiger partial charge is 0.298 e. The fourth-order valence-electron chi connectivity index (χ4n) is 2.13. The molecule has 1 heteroatoms. The van der Waals surface area contributed by atoms with E-state index in [0.717, 1.165) is 29.8 Å². The maximum Gasteiger partial charge on any atom is 0.150 e. The zero-order chi connectivity index (χ0) is 13.7. The van der Waals surface area contributed by atoms with Gasteiger partial charge in [-0.15, -0.1) is 0 Å². The molecular formula is C18H20O. The summed E-state index contributed by atoms with van der Waals surface area (Å²) in [4.78, 5) is 10.6. The van der Waals surface area contributed by atoms with Crippen LogP contribution >= 0.6 is 0 Å². The van der Waals surface area contributed by atoms with Gasteiger partial charge in [0.25, 0.3) is 0 Å². The molecule has 0 saturated heterocycles. The van der Waals surface area contributed by atoms with Gasteiger partial charge in [-0.2, -0.15) is 0 Å². The van der Waals surface area contributed by atoms with E-state index in [-0.39, 0.29) is 0 Å². The Morgan fingerprint density at radius 2 is 1.47 bits per heavy atom. The summed E-state index contributed by atoms with van der Waals surface area (Å²) in [5.74, 6) is 0.734. The van der Waals surface area contributed by atoms with Crippen molar-refractivity contribution in [1.29, 1.82) is 0 Å². The molecule has 1 unspecified atom stereocenters. The van der Waals surface area contributed by atoms with Crippen LogP contribution in [0, 0.1) is 5.92 Å². The van der Waals surface area contributed by atoms with Crippen LogP contribution < -0.4 is 0 Å². The summed E-state index contributed by atoms with van der Waals surface area (Å²) in [6, 6.07) is 16.4. The highest BCUT2D eigenvalue weighted by Gasteiger charge is 2.02. The lowest BCUT2D eigenvalue weighted by Gasteiger charge is -2.09. The van der Waals surface area contributed by atoms with E-state index in [1.807, 2.05) is 24.3 Å². The van der Waals surface area contributed by atoms with E-state index in [9.17, 15) is 4.79 Å². The number of benzene rings is 2. The second-order valence-electron chi connectivity index (χ2n) is 5.15. The Bertz CT molecular complexity index is 523. The molecule has 0 spiro atoms. The number of carbonyl (C=O) groups is 1. The molecule has 0 aliphatic rings. The van der Waals surface area contributed by atoms with Gasteiger partial charge >= 0.3 is 0 Å². The Balaban J connectivity index is 2.14. The first-order chi connectivity index (χ1) is 9.22. The Hall–Kier alpha value is -1.89. The van der Waals surface area contributed by atoms with Gasteiger partial charge in [0.1, 0.15) is 6.29 Å². The summed E-state index contributed by atoms with van der Waals surface area (Å²) in [5, 5.41) is 0. The molecule has 0 aliphatic heterocycles. The van der Waals surface area contributed by atoms with E-state index in [4.69, 9.17) is 0 Å². The zero-order valence-corrected chi connectivity index (χ0v) is 11.6. The molecule has 0 bridgehead atoms. The number of hydrogen-bond donors (Lipinski definition) is 0. The van der Waals surface area contributed by atoms with Gasteiger partial charge in [0.15, 0.2) is 0 Å². The quantitative estimate of drug-likeness (QED) is 0.701. The van der Waals surface area contributed by atoms with Crippen LogP contribution in [0.15, 0.2) is 48.5 Å². The van der Waals surface area contributed by atoms with Crippen LogP contribution in [0.25, 0.3) is 11.1 Å². The highest BCUT2D eigenvalue weighted by Crippen LogP contribution is 2.21. The average molecular weight is 252 g/mol. The van der Waals surface area contributed by atoms with Crippen molar-refractivity contribution < 1.29 is 4.79 Å². The molecule has 0 fully saturated rings. The third-order valence-corrected chi connectivity index (χ3v) is 3.62. The summed E-state index contributed by atoms with van der Waals surface area (Å²) in [6.45, 7) is 4.51. The minimum absolute atomic E-state index is 0.720. The average Bonchev–Trinajstić information content (AvgIpc) is 2.48. The van der Waals surface area contributed by atoms with Gasteiger partial charge in [0.2, 0.25) is 0 Å². The molecule has 0 N–H and O–H groups in total. The van der Waals surface area contributed by atoms with Crippen LogP contribution in [0.3, 0.4) is 0 Å². The Labute approximate surface area is 115 Å². The minimum atomic E-state index is 0.720. The Morgan fingerprint density at radius 3 is 1.95 bits per heavy atom. The summed E-state index contributed by atoms with van der Waals surface area (Å²) in [5.41, 5.74) is 4.46. The molecule has 2 aromatic rings. The molecule has 0 amide bonds. The van der Waals surface area contributed by atoms with Gasteiger partial charge in [-0.3, -0.25) is 4.79 Å². The SMILES string of the molecule is CCC(C)Cc1ccc(-c2ccc(C=O)cc2)cc1. The van der Waals surface area contributed by atoms with Crippen LogP contribution in [0.1, 0.15) is 36.2 Å². The van der Waals surface area contributed by atoms with Crippen molar-refractivity contribution >= 4 is 6.29 Å². The lowest BCUT2D eigenvalue weighted by atomic mass is 9.96. The van der Waals surface area contributed by atoms with E-state index in [2.05, 4.69) is 38.1 Å². The molecule has 0 saturated carbocycles. The first-order valence-corrected chi connectivity index (χ1v) is 6.87. The third-order valence-electron chi connectivity index (χ3n) is 3.62. The topological polar surface area (TPSA) is 17.1 Å². The Kier molecular flexibility index (Phi) is 4.51. The van der Waals surface area contributed by atoms with Crippen LogP contribution in [0.2, 0.25) is 0 Å². The van der Waals surface area contributed by atoms with Crippen LogP contribution in [-0.4, -0.2) is 6.29 Å². The summed E-state index contributed by atoms with van der Waals surface area (Å²) in [7, 11) is 0. The predicted molar refractivity (Wildman–Crippen MR) is 80.4 cm³/mol. The molecule has 0 heterocycles. The van der Waals surface area contributed by atoms with Crippen LogP contribution in [0.4, 0.5) is 0 Å². The van der Waals surface area contributed by atoms with Gasteiger partial charge in [-0.25, -0.2) is 0 Å². The molecule has 2 aromatic carbocycles. The van der Waals surface area contributed by atoms with E-state index >= 15 is 0 Å². The fraction of sp³-hybridized carbons (Fsp3) is 0.278. The summed E-state index contributed by atoms with van der Waals surface area (Å²) >= 11 is 0. The molecule has 1 atom stereocenters. The number of hydrogen-bond acceptors (Lipinski definition) is 1. The lowest BCUT2D eigenvalue weighted by Crippen LogP contribution is -1.97. The monoisotopic (exact) mass is 252 g/mol.